The molecule has 0 bridgehead atoms. The normalized spacial score (nSPS) is 10.4. The van der Waals surface area contributed by atoms with Gasteiger partial charge in [-0.05, 0) is 24.3 Å². The van der Waals surface area contributed by atoms with Crippen LogP contribution in [0.1, 0.15) is 16.1 Å². The number of ketones is 1. The van der Waals surface area contributed by atoms with Crippen LogP contribution in [0.25, 0.3) is 0 Å². The summed E-state index contributed by atoms with van der Waals surface area (Å²) in [6.07, 6.45) is 1.50. The van der Waals surface area contributed by atoms with Gasteiger partial charge in [-0.1, -0.05) is 15.9 Å². The summed E-state index contributed by atoms with van der Waals surface area (Å²) >= 11 is 3.21. The molecule has 82 valence electrons. The lowest BCUT2D eigenvalue weighted by molar-refractivity contribution is 0.102. The number of aromatic nitrogens is 2. The molecule has 2 rings (SSSR count). The minimum Gasteiger partial charge on any atom is -0.287 e. The Kier molecular flexibility index (Phi) is 2.87. The summed E-state index contributed by atoms with van der Waals surface area (Å²) in [5.74, 6) is -0.909. The Hall–Kier alpha value is -1.49. The molecule has 1 heterocycles. The van der Waals surface area contributed by atoms with Gasteiger partial charge in [-0.3, -0.25) is 9.48 Å². The monoisotopic (exact) mass is 282 g/mol. The van der Waals surface area contributed by atoms with E-state index in [1.165, 1.54) is 23.0 Å². The average Bonchev–Trinajstić information content (AvgIpc) is 2.67. The van der Waals surface area contributed by atoms with Crippen molar-refractivity contribution in [3.8, 4) is 0 Å². The lowest BCUT2D eigenvalue weighted by Gasteiger charge is -2.03. The molecule has 0 atom stereocenters. The van der Waals surface area contributed by atoms with Crippen LogP contribution in [0.5, 0.6) is 0 Å². The van der Waals surface area contributed by atoms with Crippen LogP contribution in [0.2, 0.25) is 0 Å². The van der Waals surface area contributed by atoms with Gasteiger partial charge in [-0.2, -0.15) is 5.10 Å². The molecule has 0 radical (unpaired) electrons. The first-order valence-electron chi connectivity index (χ1n) is 4.57. The van der Waals surface area contributed by atoms with E-state index in [4.69, 9.17) is 0 Å². The van der Waals surface area contributed by atoms with Gasteiger partial charge in [0.05, 0.1) is 5.56 Å². The first kappa shape index (κ1) is 11.0. The zero-order valence-corrected chi connectivity index (χ0v) is 10.0. The second kappa shape index (κ2) is 4.17. The summed E-state index contributed by atoms with van der Waals surface area (Å²) in [5, 5.41) is 3.88. The maximum Gasteiger partial charge on any atom is 0.213 e. The largest absolute Gasteiger partial charge is 0.287 e. The molecule has 0 fully saturated rings. The Balaban J connectivity index is 2.49. The van der Waals surface area contributed by atoms with E-state index in [1.807, 2.05) is 0 Å². The highest BCUT2D eigenvalue weighted by Gasteiger charge is 2.16. The van der Waals surface area contributed by atoms with Crippen molar-refractivity contribution in [2.24, 2.45) is 7.05 Å². The van der Waals surface area contributed by atoms with Crippen molar-refractivity contribution >= 4 is 21.7 Å². The molecule has 2 aromatic rings. The smallest absolute Gasteiger partial charge is 0.213 e. The van der Waals surface area contributed by atoms with Crippen molar-refractivity contribution in [2.45, 2.75) is 0 Å². The quantitative estimate of drug-likeness (QED) is 0.794. The van der Waals surface area contributed by atoms with Crippen LogP contribution >= 0.6 is 15.9 Å². The van der Waals surface area contributed by atoms with E-state index in [1.54, 1.807) is 19.2 Å². The van der Waals surface area contributed by atoms with Crippen LogP contribution in [-0.2, 0) is 7.05 Å². The Morgan fingerprint density at radius 1 is 1.44 bits per heavy atom. The van der Waals surface area contributed by atoms with Crippen molar-refractivity contribution < 1.29 is 9.18 Å². The summed E-state index contributed by atoms with van der Waals surface area (Å²) in [7, 11) is 1.64. The number of hydrogen-bond acceptors (Lipinski definition) is 2. The van der Waals surface area contributed by atoms with E-state index in [-0.39, 0.29) is 11.3 Å². The van der Waals surface area contributed by atoms with E-state index >= 15 is 0 Å². The fourth-order valence-corrected chi connectivity index (χ4v) is 1.77. The number of hydrogen-bond donors (Lipinski definition) is 0. The summed E-state index contributed by atoms with van der Waals surface area (Å²) in [6.45, 7) is 0. The number of halogens is 2. The highest BCUT2D eigenvalue weighted by Crippen LogP contribution is 2.18. The van der Waals surface area contributed by atoms with Crippen LogP contribution in [0.4, 0.5) is 4.39 Å². The van der Waals surface area contributed by atoms with E-state index in [9.17, 15) is 9.18 Å². The van der Waals surface area contributed by atoms with Crippen LogP contribution in [-0.4, -0.2) is 15.6 Å². The molecular formula is C11H8BrFN2O. The fourth-order valence-electron chi connectivity index (χ4n) is 1.41. The van der Waals surface area contributed by atoms with Crippen LogP contribution in [0.3, 0.4) is 0 Å². The Bertz CT molecular complexity index is 551. The molecule has 0 aliphatic rings. The standard InChI is InChI=1S/C11H8BrFN2O/c1-15-10(4-5-14-15)11(16)8-6-7(12)2-3-9(8)13/h2-6H,1H3. The predicted octanol–water partition coefficient (Wildman–Crippen LogP) is 2.55. The van der Waals surface area contributed by atoms with Gasteiger partial charge >= 0.3 is 0 Å². The Morgan fingerprint density at radius 2 is 2.19 bits per heavy atom. The van der Waals surface area contributed by atoms with Gasteiger partial charge in [-0.15, -0.1) is 0 Å². The van der Waals surface area contributed by atoms with Gasteiger partial charge in [0.15, 0.2) is 0 Å². The number of nitrogens with zero attached hydrogens (tertiary/aromatic N) is 2. The second-order valence-electron chi connectivity index (χ2n) is 3.29. The highest BCUT2D eigenvalue weighted by molar-refractivity contribution is 9.10. The maximum absolute atomic E-state index is 13.5. The van der Waals surface area contributed by atoms with Gasteiger partial charge in [-0.25, -0.2) is 4.39 Å². The summed E-state index contributed by atoms with van der Waals surface area (Å²) in [4.78, 5) is 12.0. The molecule has 16 heavy (non-hydrogen) atoms. The number of benzene rings is 1. The fraction of sp³-hybridized carbons (Fsp3) is 0.0909. The number of carbonyl (C=O) groups excluding carboxylic acids is 1. The van der Waals surface area contributed by atoms with Crippen molar-refractivity contribution in [2.75, 3.05) is 0 Å². The summed E-state index contributed by atoms with van der Waals surface area (Å²) in [5.41, 5.74) is 0.398. The third kappa shape index (κ3) is 1.90. The third-order valence-electron chi connectivity index (χ3n) is 2.23. The number of aryl methyl sites for hydroxylation is 1. The zero-order valence-electron chi connectivity index (χ0n) is 8.45. The molecular weight excluding hydrogens is 275 g/mol. The van der Waals surface area contributed by atoms with Gasteiger partial charge in [0.25, 0.3) is 0 Å². The first-order chi connectivity index (χ1) is 7.59. The molecule has 0 aliphatic heterocycles. The van der Waals surface area contributed by atoms with Crippen LogP contribution in [0, 0.1) is 5.82 Å². The van der Waals surface area contributed by atoms with Crippen LogP contribution < -0.4 is 0 Å². The topological polar surface area (TPSA) is 34.9 Å². The van der Waals surface area contributed by atoms with Crippen molar-refractivity contribution in [1.82, 2.24) is 9.78 Å². The first-order valence-corrected chi connectivity index (χ1v) is 5.36. The Labute approximate surface area is 100 Å². The molecule has 0 aliphatic carbocycles. The molecule has 0 spiro atoms. The van der Waals surface area contributed by atoms with Crippen molar-refractivity contribution in [3.63, 3.8) is 0 Å². The van der Waals surface area contributed by atoms with Crippen molar-refractivity contribution in [3.05, 3.63) is 52.0 Å². The minimum atomic E-state index is -0.533. The van der Waals surface area contributed by atoms with Gasteiger partial charge < -0.3 is 0 Å². The predicted molar refractivity (Wildman–Crippen MR) is 60.7 cm³/mol. The molecule has 0 unspecified atom stereocenters. The second-order valence-corrected chi connectivity index (χ2v) is 4.21. The molecule has 3 nitrogen and oxygen atoms in total. The highest BCUT2D eigenvalue weighted by atomic mass is 79.9. The van der Waals surface area contributed by atoms with E-state index in [0.717, 1.165) is 0 Å². The lowest BCUT2D eigenvalue weighted by Crippen LogP contribution is -2.10. The third-order valence-corrected chi connectivity index (χ3v) is 2.72. The molecule has 1 aromatic heterocycles. The maximum atomic E-state index is 13.5. The molecule has 0 N–H and O–H groups in total. The molecule has 1 aromatic carbocycles. The molecule has 0 saturated carbocycles. The lowest BCUT2D eigenvalue weighted by atomic mass is 10.1. The number of carbonyl (C=O) groups is 1. The number of rotatable bonds is 2. The van der Waals surface area contributed by atoms with E-state index in [2.05, 4.69) is 21.0 Å². The summed E-state index contributed by atoms with van der Waals surface area (Å²) in [6, 6.07) is 5.83. The molecule has 0 saturated heterocycles. The van der Waals surface area contributed by atoms with Gasteiger partial charge in [0.2, 0.25) is 5.78 Å². The van der Waals surface area contributed by atoms with Gasteiger partial charge in [0.1, 0.15) is 11.5 Å². The van der Waals surface area contributed by atoms with E-state index < -0.39 is 5.82 Å². The average molecular weight is 283 g/mol. The molecule has 5 heteroatoms. The zero-order chi connectivity index (χ0) is 11.7. The molecule has 0 amide bonds. The van der Waals surface area contributed by atoms with Crippen LogP contribution in [0.15, 0.2) is 34.9 Å². The van der Waals surface area contributed by atoms with Crippen molar-refractivity contribution in [1.29, 1.82) is 0 Å². The summed E-state index contributed by atoms with van der Waals surface area (Å²) < 4.78 is 15.6. The minimum absolute atomic E-state index is 0.0398. The van der Waals surface area contributed by atoms with Gasteiger partial charge in [0, 0.05) is 17.7 Å². The van der Waals surface area contributed by atoms with E-state index in [0.29, 0.717) is 10.2 Å². The Morgan fingerprint density at radius 3 is 2.81 bits per heavy atom. The SMILES string of the molecule is Cn1nccc1C(=O)c1cc(Br)ccc1F.